The maximum Gasteiger partial charge on any atom is 0.199 e. The summed E-state index contributed by atoms with van der Waals surface area (Å²) >= 11 is 0. The topological polar surface area (TPSA) is 78.3 Å². The molecule has 3 N–H and O–H groups in total. The molecule has 140 valence electrons. The standard InChI is InChI=1S/C21H22FN3O2/c1-3-21(22)9-5-8-16-17(21)19(23-14-11-20(2,27)12-14)25-24-18(16)13-6-4-7-15(26)10-13/h1,4,6-7,10,14,26-27H,5,8-9,11-12H2,2H3,(H,23,25). The smallest absolute Gasteiger partial charge is 0.199 e. The van der Waals surface area contributed by atoms with Crippen LogP contribution in [0.5, 0.6) is 5.75 Å². The largest absolute Gasteiger partial charge is 0.508 e. The number of nitrogens with one attached hydrogen (secondary N) is 1. The molecular formula is C21H22FN3O2. The molecule has 27 heavy (non-hydrogen) atoms. The molecule has 0 amide bonds. The van der Waals surface area contributed by atoms with Gasteiger partial charge in [-0.2, -0.15) is 0 Å². The molecule has 1 heterocycles. The lowest BCUT2D eigenvalue weighted by molar-refractivity contribution is -0.0235. The van der Waals surface area contributed by atoms with Crippen LogP contribution in [0.2, 0.25) is 0 Å². The Hall–Kier alpha value is -2.65. The molecule has 1 aromatic carbocycles. The van der Waals surface area contributed by atoms with Crippen LogP contribution in [0.1, 0.15) is 43.7 Å². The highest BCUT2D eigenvalue weighted by Gasteiger charge is 2.43. The van der Waals surface area contributed by atoms with Crippen molar-refractivity contribution >= 4 is 5.82 Å². The maximum absolute atomic E-state index is 15.6. The third-order valence-electron chi connectivity index (χ3n) is 5.48. The summed E-state index contributed by atoms with van der Waals surface area (Å²) in [5.74, 6) is 2.79. The van der Waals surface area contributed by atoms with Crippen molar-refractivity contribution in [3.63, 3.8) is 0 Å². The number of benzene rings is 1. The summed E-state index contributed by atoms with van der Waals surface area (Å²) in [6, 6.07) is 6.70. The Kier molecular flexibility index (Phi) is 4.08. The second kappa shape index (κ2) is 6.21. The van der Waals surface area contributed by atoms with Crippen LogP contribution in [0.3, 0.4) is 0 Å². The Morgan fingerprint density at radius 2 is 2.11 bits per heavy atom. The van der Waals surface area contributed by atoms with Crippen LogP contribution in [0.25, 0.3) is 11.3 Å². The minimum atomic E-state index is -1.91. The van der Waals surface area contributed by atoms with Gasteiger partial charge in [0, 0.05) is 11.6 Å². The molecule has 2 aliphatic rings. The fraction of sp³-hybridized carbons (Fsp3) is 0.429. The van der Waals surface area contributed by atoms with Crippen molar-refractivity contribution in [2.75, 3.05) is 5.32 Å². The molecule has 1 atom stereocenters. The molecule has 2 aromatic rings. The van der Waals surface area contributed by atoms with Gasteiger partial charge in [-0.15, -0.1) is 16.6 Å². The zero-order valence-electron chi connectivity index (χ0n) is 15.2. The highest BCUT2D eigenvalue weighted by Crippen LogP contribution is 2.45. The van der Waals surface area contributed by atoms with Gasteiger partial charge in [-0.05, 0) is 56.7 Å². The number of fused-ring (bicyclic) bond motifs is 1. The Morgan fingerprint density at radius 3 is 2.78 bits per heavy atom. The van der Waals surface area contributed by atoms with Gasteiger partial charge in [0.25, 0.3) is 0 Å². The SMILES string of the molecule is C#CC1(F)CCCc2c(-c3cccc(O)c3)nnc(NC3CC(C)(O)C3)c21. The van der Waals surface area contributed by atoms with Gasteiger partial charge in [-0.1, -0.05) is 18.1 Å². The minimum absolute atomic E-state index is 0.00831. The number of alkyl halides is 1. The first-order valence-electron chi connectivity index (χ1n) is 9.16. The van der Waals surface area contributed by atoms with E-state index in [0.29, 0.717) is 48.3 Å². The third-order valence-corrected chi connectivity index (χ3v) is 5.48. The van der Waals surface area contributed by atoms with Gasteiger partial charge in [-0.25, -0.2) is 4.39 Å². The van der Waals surface area contributed by atoms with Crippen molar-refractivity contribution in [3.8, 4) is 29.4 Å². The lowest BCUT2D eigenvalue weighted by Gasteiger charge is -2.42. The molecule has 0 bridgehead atoms. The summed E-state index contributed by atoms with van der Waals surface area (Å²) in [7, 11) is 0. The summed E-state index contributed by atoms with van der Waals surface area (Å²) in [5.41, 5.74) is -0.288. The molecule has 1 unspecified atom stereocenters. The molecule has 1 aromatic heterocycles. The fourth-order valence-electron chi connectivity index (χ4n) is 4.20. The second-order valence-electron chi connectivity index (χ2n) is 7.85. The average Bonchev–Trinajstić information content (AvgIpc) is 2.60. The third kappa shape index (κ3) is 3.13. The summed E-state index contributed by atoms with van der Waals surface area (Å²) in [6.07, 6.45) is 8.19. The predicted molar refractivity (Wildman–Crippen MR) is 101 cm³/mol. The number of hydrogen-bond donors (Lipinski definition) is 3. The number of rotatable bonds is 3. The molecule has 0 spiro atoms. The predicted octanol–water partition coefficient (Wildman–Crippen LogP) is 3.31. The summed E-state index contributed by atoms with van der Waals surface area (Å²) in [5, 5.41) is 31.6. The summed E-state index contributed by atoms with van der Waals surface area (Å²) < 4.78 is 15.6. The number of phenolic OH excluding ortho intramolecular Hbond substituents is 1. The number of aliphatic hydroxyl groups is 1. The van der Waals surface area contributed by atoms with Gasteiger partial charge < -0.3 is 15.5 Å². The number of halogens is 1. The molecule has 0 saturated heterocycles. The Labute approximate surface area is 157 Å². The fourth-order valence-corrected chi connectivity index (χ4v) is 4.20. The van der Waals surface area contributed by atoms with Crippen molar-refractivity contribution in [1.82, 2.24) is 10.2 Å². The first-order chi connectivity index (χ1) is 12.8. The Bertz CT molecular complexity index is 930. The van der Waals surface area contributed by atoms with E-state index in [1.165, 1.54) is 0 Å². The van der Waals surface area contributed by atoms with E-state index in [1.54, 1.807) is 25.1 Å². The van der Waals surface area contributed by atoms with Crippen LogP contribution in [-0.4, -0.2) is 32.1 Å². The van der Waals surface area contributed by atoms with Crippen LogP contribution in [0.15, 0.2) is 24.3 Å². The van der Waals surface area contributed by atoms with Gasteiger partial charge in [0.2, 0.25) is 0 Å². The highest BCUT2D eigenvalue weighted by atomic mass is 19.1. The molecule has 0 aliphatic heterocycles. The first-order valence-corrected chi connectivity index (χ1v) is 9.16. The summed E-state index contributed by atoms with van der Waals surface area (Å²) in [6.45, 7) is 1.78. The van der Waals surface area contributed by atoms with Crippen molar-refractivity contribution in [3.05, 3.63) is 35.4 Å². The number of terminal acetylenes is 1. The second-order valence-corrected chi connectivity index (χ2v) is 7.85. The number of hydrogen-bond acceptors (Lipinski definition) is 5. The molecular weight excluding hydrogens is 345 g/mol. The van der Waals surface area contributed by atoms with E-state index in [0.717, 1.165) is 5.56 Å². The van der Waals surface area contributed by atoms with Crippen LogP contribution in [-0.2, 0) is 12.1 Å². The van der Waals surface area contributed by atoms with E-state index in [-0.39, 0.29) is 18.2 Å². The van der Waals surface area contributed by atoms with Crippen molar-refractivity contribution < 1.29 is 14.6 Å². The molecule has 0 radical (unpaired) electrons. The lowest BCUT2D eigenvalue weighted by Crippen LogP contribution is -2.48. The average molecular weight is 367 g/mol. The summed E-state index contributed by atoms with van der Waals surface area (Å²) in [4.78, 5) is 0. The maximum atomic E-state index is 15.6. The van der Waals surface area contributed by atoms with E-state index in [9.17, 15) is 10.2 Å². The zero-order valence-corrected chi connectivity index (χ0v) is 15.2. The molecule has 1 fully saturated rings. The lowest BCUT2D eigenvalue weighted by atomic mass is 9.76. The van der Waals surface area contributed by atoms with Crippen molar-refractivity contribution in [1.29, 1.82) is 0 Å². The van der Waals surface area contributed by atoms with E-state index in [2.05, 4.69) is 21.4 Å². The normalized spacial score (nSPS) is 29.3. The van der Waals surface area contributed by atoms with Crippen molar-refractivity contribution in [2.45, 2.75) is 56.3 Å². The highest BCUT2D eigenvalue weighted by molar-refractivity contribution is 5.70. The molecule has 5 nitrogen and oxygen atoms in total. The molecule has 4 rings (SSSR count). The van der Waals surface area contributed by atoms with Crippen molar-refractivity contribution in [2.24, 2.45) is 0 Å². The first kappa shape index (κ1) is 17.7. The molecule has 2 aliphatic carbocycles. The van der Waals surface area contributed by atoms with Gasteiger partial charge in [-0.3, -0.25) is 0 Å². The Morgan fingerprint density at radius 1 is 1.33 bits per heavy atom. The Balaban J connectivity index is 1.81. The van der Waals surface area contributed by atoms with Crippen LogP contribution < -0.4 is 5.32 Å². The quantitative estimate of drug-likeness (QED) is 0.726. The minimum Gasteiger partial charge on any atom is -0.508 e. The number of nitrogens with zero attached hydrogens (tertiary/aromatic N) is 2. The van der Waals surface area contributed by atoms with E-state index >= 15 is 4.39 Å². The van der Waals surface area contributed by atoms with Gasteiger partial charge in [0.05, 0.1) is 16.9 Å². The number of aromatic nitrogens is 2. The van der Waals surface area contributed by atoms with Gasteiger partial charge >= 0.3 is 0 Å². The molecule has 6 heteroatoms. The van der Waals surface area contributed by atoms with Gasteiger partial charge in [0.15, 0.2) is 11.5 Å². The number of phenols is 1. The van der Waals surface area contributed by atoms with E-state index in [1.807, 2.05) is 6.07 Å². The van der Waals surface area contributed by atoms with E-state index < -0.39 is 11.3 Å². The van der Waals surface area contributed by atoms with Crippen LogP contribution >= 0.6 is 0 Å². The van der Waals surface area contributed by atoms with E-state index in [4.69, 9.17) is 6.42 Å². The monoisotopic (exact) mass is 367 g/mol. The van der Waals surface area contributed by atoms with Gasteiger partial charge in [0.1, 0.15) is 5.75 Å². The number of aromatic hydroxyl groups is 1. The van der Waals surface area contributed by atoms with Crippen LogP contribution in [0.4, 0.5) is 10.2 Å². The van der Waals surface area contributed by atoms with Crippen LogP contribution in [0, 0.1) is 12.3 Å². The zero-order chi connectivity index (χ0) is 19.2. The number of anilines is 1. The molecule has 1 saturated carbocycles.